The van der Waals surface area contributed by atoms with Crippen LogP contribution >= 0.6 is 11.6 Å². The lowest BCUT2D eigenvalue weighted by Gasteiger charge is -2.08. The first-order chi connectivity index (χ1) is 9.95. The topological polar surface area (TPSA) is 64.0 Å². The quantitative estimate of drug-likeness (QED) is 0.806. The van der Waals surface area contributed by atoms with Crippen molar-refractivity contribution in [3.8, 4) is 0 Å². The highest BCUT2D eigenvalue weighted by Crippen LogP contribution is 2.21. The molecule has 0 saturated carbocycles. The molecule has 0 bridgehead atoms. The Hall–Kier alpha value is -2.05. The summed E-state index contributed by atoms with van der Waals surface area (Å²) in [5.74, 6) is 0. The minimum absolute atomic E-state index is 0.170. The molecule has 0 aliphatic carbocycles. The zero-order chi connectivity index (χ0) is 15.0. The Morgan fingerprint density at radius 3 is 2.57 bits per heavy atom. The molecule has 0 radical (unpaired) electrons. The van der Waals surface area contributed by atoms with E-state index in [1.807, 2.05) is 11.6 Å². The summed E-state index contributed by atoms with van der Waals surface area (Å²) in [6, 6.07) is 11.3. The van der Waals surface area contributed by atoms with Gasteiger partial charge in [0.2, 0.25) is 0 Å². The van der Waals surface area contributed by atoms with Crippen LogP contribution < -0.4 is 4.72 Å². The summed E-state index contributed by atoms with van der Waals surface area (Å²) in [6.45, 7) is 0. The Bertz CT molecular complexity index is 902. The lowest BCUT2D eigenvalue weighted by Crippen LogP contribution is -2.12. The van der Waals surface area contributed by atoms with Gasteiger partial charge in [-0.1, -0.05) is 11.6 Å². The zero-order valence-electron chi connectivity index (χ0n) is 11.1. The van der Waals surface area contributed by atoms with Crippen LogP contribution in [0.3, 0.4) is 0 Å². The second-order valence-electron chi connectivity index (χ2n) is 4.62. The molecule has 1 heterocycles. The average molecular weight is 322 g/mol. The normalized spacial score (nSPS) is 11.7. The minimum Gasteiger partial charge on any atom is -0.334 e. The SMILES string of the molecule is Cn1cnc2cc(S(=O)(=O)Nc3ccc(Cl)cc3)ccc21. The van der Waals surface area contributed by atoms with Gasteiger partial charge >= 0.3 is 0 Å². The fraction of sp³-hybridized carbons (Fsp3) is 0.0714. The monoisotopic (exact) mass is 321 g/mol. The van der Waals surface area contributed by atoms with Gasteiger partial charge < -0.3 is 4.57 Å². The smallest absolute Gasteiger partial charge is 0.261 e. The van der Waals surface area contributed by atoms with Gasteiger partial charge in [0.05, 0.1) is 22.3 Å². The van der Waals surface area contributed by atoms with E-state index in [9.17, 15) is 8.42 Å². The van der Waals surface area contributed by atoms with E-state index in [1.54, 1.807) is 48.8 Å². The molecule has 0 unspecified atom stereocenters. The number of aromatic nitrogens is 2. The highest BCUT2D eigenvalue weighted by molar-refractivity contribution is 7.92. The largest absolute Gasteiger partial charge is 0.334 e. The van der Waals surface area contributed by atoms with Crippen molar-refractivity contribution in [1.29, 1.82) is 0 Å². The van der Waals surface area contributed by atoms with E-state index in [1.165, 1.54) is 0 Å². The Labute approximate surface area is 127 Å². The molecular formula is C14H12ClN3O2S. The van der Waals surface area contributed by atoms with Crippen molar-refractivity contribution in [2.75, 3.05) is 4.72 Å². The first kappa shape index (κ1) is 13.9. The number of rotatable bonds is 3. The molecule has 3 rings (SSSR count). The third-order valence-corrected chi connectivity index (χ3v) is 4.73. The van der Waals surface area contributed by atoms with Crippen LogP contribution in [0.1, 0.15) is 0 Å². The lowest BCUT2D eigenvalue weighted by atomic mass is 10.3. The van der Waals surface area contributed by atoms with Crippen LogP contribution in [0, 0.1) is 0 Å². The molecule has 0 fully saturated rings. The van der Waals surface area contributed by atoms with E-state index >= 15 is 0 Å². The van der Waals surface area contributed by atoms with Crippen LogP contribution in [0.25, 0.3) is 11.0 Å². The van der Waals surface area contributed by atoms with E-state index in [4.69, 9.17) is 11.6 Å². The van der Waals surface area contributed by atoms with Gasteiger partial charge in [0.1, 0.15) is 0 Å². The lowest BCUT2D eigenvalue weighted by molar-refractivity contribution is 0.601. The van der Waals surface area contributed by atoms with Crippen molar-refractivity contribution < 1.29 is 8.42 Å². The van der Waals surface area contributed by atoms with E-state index in [0.717, 1.165) is 5.52 Å². The molecule has 0 saturated heterocycles. The number of nitrogens with one attached hydrogen (secondary N) is 1. The molecule has 1 N–H and O–H groups in total. The van der Waals surface area contributed by atoms with Gasteiger partial charge in [-0.25, -0.2) is 13.4 Å². The van der Waals surface area contributed by atoms with E-state index < -0.39 is 10.0 Å². The number of fused-ring (bicyclic) bond motifs is 1. The van der Waals surface area contributed by atoms with Gasteiger partial charge in [-0.3, -0.25) is 4.72 Å². The van der Waals surface area contributed by atoms with Gasteiger partial charge in [-0.15, -0.1) is 0 Å². The Morgan fingerprint density at radius 1 is 1.14 bits per heavy atom. The molecular weight excluding hydrogens is 310 g/mol. The number of sulfonamides is 1. The molecule has 21 heavy (non-hydrogen) atoms. The maximum atomic E-state index is 12.4. The fourth-order valence-corrected chi connectivity index (χ4v) is 3.22. The van der Waals surface area contributed by atoms with Crippen LogP contribution in [0.4, 0.5) is 5.69 Å². The minimum atomic E-state index is -3.65. The van der Waals surface area contributed by atoms with Gasteiger partial charge in [0.15, 0.2) is 0 Å². The third kappa shape index (κ3) is 2.72. The van der Waals surface area contributed by atoms with Gasteiger partial charge in [-0.2, -0.15) is 0 Å². The molecule has 1 aromatic heterocycles. The fourth-order valence-electron chi connectivity index (χ4n) is 2.02. The summed E-state index contributed by atoms with van der Waals surface area (Å²) in [4.78, 5) is 4.33. The molecule has 0 aliphatic rings. The highest BCUT2D eigenvalue weighted by atomic mass is 35.5. The molecule has 0 atom stereocenters. The molecule has 0 amide bonds. The van der Waals surface area contributed by atoms with Crippen molar-refractivity contribution in [2.45, 2.75) is 4.90 Å². The summed E-state index contributed by atoms with van der Waals surface area (Å²) in [5.41, 5.74) is 1.97. The van der Waals surface area contributed by atoms with Crippen LogP contribution in [0.5, 0.6) is 0 Å². The molecule has 5 nitrogen and oxygen atoms in total. The summed E-state index contributed by atoms with van der Waals surface area (Å²) in [6.07, 6.45) is 1.65. The summed E-state index contributed by atoms with van der Waals surface area (Å²) < 4.78 is 29.1. The highest BCUT2D eigenvalue weighted by Gasteiger charge is 2.15. The van der Waals surface area contributed by atoms with Crippen molar-refractivity contribution in [1.82, 2.24) is 9.55 Å². The van der Waals surface area contributed by atoms with Gasteiger partial charge in [0, 0.05) is 17.8 Å². The Morgan fingerprint density at radius 2 is 1.86 bits per heavy atom. The van der Waals surface area contributed by atoms with E-state index in [-0.39, 0.29) is 4.90 Å². The Balaban J connectivity index is 1.97. The van der Waals surface area contributed by atoms with Crippen LogP contribution in [-0.4, -0.2) is 18.0 Å². The first-order valence-electron chi connectivity index (χ1n) is 6.15. The van der Waals surface area contributed by atoms with Crippen LogP contribution in [-0.2, 0) is 17.1 Å². The summed E-state index contributed by atoms with van der Waals surface area (Å²) in [7, 11) is -1.79. The molecule has 0 aliphatic heterocycles. The van der Waals surface area contributed by atoms with Crippen molar-refractivity contribution >= 4 is 38.3 Å². The average Bonchev–Trinajstić information content (AvgIpc) is 2.82. The summed E-state index contributed by atoms with van der Waals surface area (Å²) in [5, 5.41) is 0.549. The zero-order valence-corrected chi connectivity index (χ0v) is 12.7. The second-order valence-corrected chi connectivity index (χ2v) is 6.74. The third-order valence-electron chi connectivity index (χ3n) is 3.10. The van der Waals surface area contributed by atoms with Crippen LogP contribution in [0.2, 0.25) is 5.02 Å². The molecule has 0 spiro atoms. The number of aryl methyl sites for hydroxylation is 1. The predicted molar refractivity (Wildman–Crippen MR) is 83.0 cm³/mol. The number of halogens is 1. The van der Waals surface area contributed by atoms with Crippen molar-refractivity contribution in [3.63, 3.8) is 0 Å². The maximum absolute atomic E-state index is 12.4. The number of hydrogen-bond donors (Lipinski definition) is 1. The van der Waals surface area contributed by atoms with E-state index in [0.29, 0.717) is 16.2 Å². The molecule has 3 aromatic rings. The summed E-state index contributed by atoms with van der Waals surface area (Å²) >= 11 is 5.78. The first-order valence-corrected chi connectivity index (χ1v) is 8.01. The number of anilines is 1. The molecule has 2 aromatic carbocycles. The van der Waals surface area contributed by atoms with Crippen molar-refractivity contribution in [2.24, 2.45) is 7.05 Å². The van der Waals surface area contributed by atoms with Crippen LogP contribution in [0.15, 0.2) is 53.7 Å². The molecule has 7 heteroatoms. The van der Waals surface area contributed by atoms with Gasteiger partial charge in [-0.05, 0) is 42.5 Å². The second kappa shape index (κ2) is 5.05. The number of hydrogen-bond acceptors (Lipinski definition) is 3. The Kier molecular flexibility index (Phi) is 3.35. The number of nitrogens with zero attached hydrogens (tertiary/aromatic N) is 2. The van der Waals surface area contributed by atoms with Gasteiger partial charge in [0.25, 0.3) is 10.0 Å². The predicted octanol–water partition coefficient (Wildman–Crippen LogP) is 3.03. The number of imidazole rings is 1. The number of benzene rings is 2. The molecule has 108 valence electrons. The standard InChI is InChI=1S/C14H12ClN3O2S/c1-18-9-16-13-8-12(6-7-14(13)18)21(19,20)17-11-4-2-10(15)3-5-11/h2-9,17H,1H3. The maximum Gasteiger partial charge on any atom is 0.261 e. The van der Waals surface area contributed by atoms with Crippen molar-refractivity contribution in [3.05, 3.63) is 53.8 Å². The van der Waals surface area contributed by atoms with E-state index in [2.05, 4.69) is 9.71 Å².